The van der Waals surface area contributed by atoms with E-state index < -0.39 is 23.3 Å². The molecule has 0 aromatic heterocycles. The number of hydrogen-bond acceptors (Lipinski definition) is 7. The Labute approximate surface area is 311 Å². The van der Waals surface area contributed by atoms with Crippen molar-refractivity contribution in [3.63, 3.8) is 0 Å². The smallest absolute Gasteiger partial charge is 0.143 e. The number of hydrogen-bond donors (Lipinski definition) is 2. The van der Waals surface area contributed by atoms with Gasteiger partial charge in [-0.2, -0.15) is 0 Å². The second-order valence-electron chi connectivity index (χ2n) is 13.3. The molecule has 0 amide bonds. The highest BCUT2D eigenvalue weighted by molar-refractivity contribution is 5.53. The second kappa shape index (κ2) is 15.7. The summed E-state index contributed by atoms with van der Waals surface area (Å²) in [5.41, 5.74) is 3.81. The summed E-state index contributed by atoms with van der Waals surface area (Å²) in [5.74, 6) is 2.19. The molecule has 270 valence electrons. The van der Waals surface area contributed by atoms with E-state index in [4.69, 9.17) is 18.9 Å². The summed E-state index contributed by atoms with van der Waals surface area (Å²) in [6.07, 6.45) is -2.34. The van der Waals surface area contributed by atoms with Crippen LogP contribution in [-0.2, 0) is 15.9 Å². The maximum Gasteiger partial charge on any atom is 0.143 e. The molecule has 4 atom stereocenters. The van der Waals surface area contributed by atoms with Crippen molar-refractivity contribution >= 4 is 0 Å². The molecule has 0 spiro atoms. The standard InChI is InChI=1S/C46H45NO6/c1-50-39-25-19-35(20-26-39)45(33-13-7-4-8-14-33,34-15-9-5-10-16-34)47-31-42(47)44(49)43(48)32-53-46(36-17-11-6-12-18-36,37-21-27-40(51-2)28-22-37)38-23-29-41(52-3)30-24-38/h4-30,42-44,48-49H,31-32H2,1-3H3/t42-,43+,44+,47?/m0/s1. The first-order chi connectivity index (χ1) is 25.9. The SMILES string of the molecule is COc1ccc(C(OC[C@@H](O)[C@H](O)[C@@H]2CN2C(c2ccccc2)(c2ccccc2)c2ccc(OC)cc2)(c2ccccc2)c2ccc(OC)cc2)cc1. The topological polar surface area (TPSA) is 80.4 Å². The van der Waals surface area contributed by atoms with Crippen molar-refractivity contribution in [1.82, 2.24) is 4.90 Å². The number of rotatable bonds is 15. The minimum Gasteiger partial charge on any atom is -0.497 e. The van der Waals surface area contributed by atoms with Gasteiger partial charge in [-0.15, -0.1) is 0 Å². The van der Waals surface area contributed by atoms with Gasteiger partial charge >= 0.3 is 0 Å². The summed E-state index contributed by atoms with van der Waals surface area (Å²) in [7, 11) is 4.93. The third-order valence-corrected chi connectivity index (χ3v) is 10.4. The first-order valence-corrected chi connectivity index (χ1v) is 17.8. The molecule has 0 radical (unpaired) electrons. The van der Waals surface area contributed by atoms with E-state index in [0.717, 1.165) is 39.1 Å². The molecule has 1 unspecified atom stereocenters. The zero-order valence-corrected chi connectivity index (χ0v) is 30.2. The fourth-order valence-corrected chi connectivity index (χ4v) is 7.66. The minimum absolute atomic E-state index is 0.148. The van der Waals surface area contributed by atoms with Crippen LogP contribution in [0.4, 0.5) is 0 Å². The van der Waals surface area contributed by atoms with Crippen molar-refractivity contribution in [3.05, 3.63) is 197 Å². The van der Waals surface area contributed by atoms with Gasteiger partial charge in [-0.05, 0) is 69.8 Å². The van der Waals surface area contributed by atoms with Gasteiger partial charge in [-0.1, -0.05) is 127 Å². The highest BCUT2D eigenvalue weighted by Crippen LogP contribution is 2.50. The van der Waals surface area contributed by atoms with Crippen molar-refractivity contribution in [1.29, 1.82) is 0 Å². The number of aliphatic hydroxyl groups is 2. The zero-order chi connectivity index (χ0) is 36.8. The van der Waals surface area contributed by atoms with Gasteiger partial charge in [0.2, 0.25) is 0 Å². The van der Waals surface area contributed by atoms with Crippen molar-refractivity contribution in [2.45, 2.75) is 29.4 Å². The quantitative estimate of drug-likeness (QED) is 0.0850. The number of benzene rings is 6. The molecule has 7 nitrogen and oxygen atoms in total. The highest BCUT2D eigenvalue weighted by Gasteiger charge is 2.56. The van der Waals surface area contributed by atoms with E-state index in [1.54, 1.807) is 21.3 Å². The van der Waals surface area contributed by atoms with Crippen LogP contribution in [-0.4, -0.2) is 67.8 Å². The van der Waals surface area contributed by atoms with Gasteiger partial charge in [0.25, 0.3) is 0 Å². The molecule has 7 rings (SSSR count). The first kappa shape index (κ1) is 35.9. The molecule has 1 fully saturated rings. The summed E-state index contributed by atoms with van der Waals surface area (Å²) in [6, 6.07) is 53.8. The Morgan fingerprint density at radius 1 is 0.509 bits per heavy atom. The highest BCUT2D eigenvalue weighted by atomic mass is 16.5. The van der Waals surface area contributed by atoms with Crippen LogP contribution in [0, 0.1) is 0 Å². The van der Waals surface area contributed by atoms with Crippen LogP contribution in [0.5, 0.6) is 17.2 Å². The van der Waals surface area contributed by atoms with E-state index in [1.807, 2.05) is 127 Å². The molecular weight excluding hydrogens is 663 g/mol. The van der Waals surface area contributed by atoms with Gasteiger partial charge in [0.1, 0.15) is 29.0 Å². The Bertz CT molecular complexity index is 1950. The van der Waals surface area contributed by atoms with E-state index in [0.29, 0.717) is 18.0 Å². The molecule has 6 aromatic rings. The lowest BCUT2D eigenvalue weighted by molar-refractivity contribution is -0.0817. The van der Waals surface area contributed by atoms with Crippen LogP contribution < -0.4 is 14.2 Å². The predicted octanol–water partition coefficient (Wildman–Crippen LogP) is 7.42. The lowest BCUT2D eigenvalue weighted by Gasteiger charge is -2.39. The van der Waals surface area contributed by atoms with Gasteiger partial charge in [0, 0.05) is 6.54 Å². The van der Waals surface area contributed by atoms with Crippen LogP contribution >= 0.6 is 0 Å². The third-order valence-electron chi connectivity index (χ3n) is 10.4. The van der Waals surface area contributed by atoms with Crippen LogP contribution in [0.2, 0.25) is 0 Å². The molecule has 0 saturated carbocycles. The molecule has 1 aliphatic rings. The van der Waals surface area contributed by atoms with E-state index in [9.17, 15) is 10.2 Å². The summed E-state index contributed by atoms with van der Waals surface area (Å²) < 4.78 is 23.5. The van der Waals surface area contributed by atoms with Crippen molar-refractivity contribution < 1.29 is 29.2 Å². The Kier molecular flexibility index (Phi) is 10.6. The summed E-state index contributed by atoms with van der Waals surface area (Å²) >= 11 is 0. The normalized spacial score (nSPS) is 16.7. The molecule has 1 aliphatic heterocycles. The van der Waals surface area contributed by atoms with Crippen molar-refractivity contribution in [3.8, 4) is 17.2 Å². The third kappa shape index (κ3) is 6.80. The van der Waals surface area contributed by atoms with Crippen LogP contribution in [0.15, 0.2) is 164 Å². The molecule has 0 aliphatic carbocycles. The van der Waals surface area contributed by atoms with Gasteiger partial charge in [0.15, 0.2) is 0 Å². The summed E-state index contributed by atoms with van der Waals surface area (Å²) in [5, 5.41) is 23.9. The largest absolute Gasteiger partial charge is 0.497 e. The maximum absolute atomic E-state index is 12.0. The van der Waals surface area contributed by atoms with Crippen LogP contribution in [0.1, 0.15) is 33.4 Å². The Morgan fingerprint density at radius 3 is 1.25 bits per heavy atom. The number of aliphatic hydroxyl groups excluding tert-OH is 2. The van der Waals surface area contributed by atoms with E-state index in [2.05, 4.69) is 41.3 Å². The van der Waals surface area contributed by atoms with Gasteiger partial charge in [-0.25, -0.2) is 0 Å². The second-order valence-corrected chi connectivity index (χ2v) is 13.3. The molecule has 1 heterocycles. The maximum atomic E-state index is 12.0. The predicted molar refractivity (Wildman–Crippen MR) is 207 cm³/mol. The summed E-state index contributed by atoms with van der Waals surface area (Å²) in [6.45, 7) is 0.402. The fraction of sp³-hybridized carbons (Fsp3) is 0.217. The molecule has 6 aromatic carbocycles. The van der Waals surface area contributed by atoms with Crippen molar-refractivity contribution in [2.24, 2.45) is 0 Å². The fourth-order valence-electron chi connectivity index (χ4n) is 7.66. The number of methoxy groups -OCH3 is 3. The molecular formula is C46H45NO6. The average Bonchev–Trinajstić information content (AvgIpc) is 4.04. The van der Waals surface area contributed by atoms with E-state index >= 15 is 0 Å². The Hall–Kier alpha value is -5.44. The molecule has 53 heavy (non-hydrogen) atoms. The van der Waals surface area contributed by atoms with Crippen LogP contribution in [0.25, 0.3) is 0 Å². The zero-order valence-electron chi connectivity index (χ0n) is 30.2. The van der Waals surface area contributed by atoms with Crippen molar-refractivity contribution in [2.75, 3.05) is 34.5 Å². The monoisotopic (exact) mass is 707 g/mol. The molecule has 7 heteroatoms. The first-order valence-electron chi connectivity index (χ1n) is 17.8. The minimum atomic E-state index is -1.22. The molecule has 2 N–H and O–H groups in total. The van der Waals surface area contributed by atoms with Gasteiger partial charge < -0.3 is 29.2 Å². The summed E-state index contributed by atoms with van der Waals surface area (Å²) in [4.78, 5) is 2.27. The average molecular weight is 708 g/mol. The van der Waals surface area contributed by atoms with Gasteiger partial charge in [0.05, 0.1) is 45.6 Å². The van der Waals surface area contributed by atoms with E-state index in [1.165, 1.54) is 0 Å². The van der Waals surface area contributed by atoms with E-state index in [-0.39, 0.29) is 12.6 Å². The molecule has 0 bridgehead atoms. The van der Waals surface area contributed by atoms with Crippen LogP contribution in [0.3, 0.4) is 0 Å². The lowest BCUT2D eigenvalue weighted by Crippen LogP contribution is -2.45. The number of nitrogens with zero attached hydrogens (tertiary/aromatic N) is 1. The molecule has 1 saturated heterocycles. The number of ether oxygens (including phenoxy) is 4. The van der Waals surface area contributed by atoms with Gasteiger partial charge in [-0.3, -0.25) is 4.90 Å². The Balaban J connectivity index is 1.25. The lowest BCUT2D eigenvalue weighted by atomic mass is 9.76. The Morgan fingerprint density at radius 2 is 0.849 bits per heavy atom.